The zero-order valence-electron chi connectivity index (χ0n) is 11.0. The lowest BCUT2D eigenvalue weighted by Gasteiger charge is -2.28. The van der Waals surface area contributed by atoms with E-state index in [9.17, 15) is 4.79 Å². The summed E-state index contributed by atoms with van der Waals surface area (Å²) >= 11 is 0. The first kappa shape index (κ1) is 12.8. The maximum atomic E-state index is 12.0. The third kappa shape index (κ3) is 3.68. The van der Waals surface area contributed by atoms with Gasteiger partial charge in [-0.2, -0.15) is 0 Å². The number of hydrogen-bond acceptors (Lipinski definition) is 3. The van der Waals surface area contributed by atoms with E-state index in [1.807, 2.05) is 4.90 Å². The van der Waals surface area contributed by atoms with E-state index in [0.717, 1.165) is 45.1 Å². The van der Waals surface area contributed by atoms with Crippen molar-refractivity contribution in [2.75, 3.05) is 45.8 Å². The average Bonchev–Trinajstić information content (AvgIpc) is 2.52. The average molecular weight is 239 g/mol. The molecular formula is C13H25N3O. The maximum Gasteiger partial charge on any atom is 0.236 e. The Morgan fingerprint density at radius 3 is 2.94 bits per heavy atom. The highest BCUT2D eigenvalue weighted by Gasteiger charge is 2.23. The van der Waals surface area contributed by atoms with Crippen LogP contribution in [-0.4, -0.2) is 61.5 Å². The molecule has 0 radical (unpaired) electrons. The highest BCUT2D eigenvalue weighted by molar-refractivity contribution is 5.78. The molecule has 0 saturated carbocycles. The molecular weight excluding hydrogens is 214 g/mol. The second kappa shape index (κ2) is 6.36. The number of amides is 1. The van der Waals surface area contributed by atoms with Crippen molar-refractivity contribution in [1.29, 1.82) is 0 Å². The molecule has 2 heterocycles. The fraction of sp³-hybridized carbons (Fsp3) is 0.923. The molecule has 2 fully saturated rings. The first-order valence-electron chi connectivity index (χ1n) is 7.00. The summed E-state index contributed by atoms with van der Waals surface area (Å²) in [7, 11) is 0. The van der Waals surface area contributed by atoms with Gasteiger partial charge >= 0.3 is 0 Å². The fourth-order valence-corrected chi connectivity index (χ4v) is 2.92. The molecule has 2 saturated heterocycles. The summed E-state index contributed by atoms with van der Waals surface area (Å²) in [6.45, 7) is 8.96. The van der Waals surface area contributed by atoms with Gasteiger partial charge in [-0.3, -0.25) is 9.69 Å². The summed E-state index contributed by atoms with van der Waals surface area (Å²) in [6.07, 6.45) is 3.72. The fourth-order valence-electron chi connectivity index (χ4n) is 2.92. The van der Waals surface area contributed by atoms with Gasteiger partial charge in [0.1, 0.15) is 0 Å². The highest BCUT2D eigenvalue weighted by atomic mass is 16.2. The van der Waals surface area contributed by atoms with Crippen molar-refractivity contribution in [2.24, 2.45) is 5.92 Å². The number of likely N-dealkylation sites (N-methyl/N-ethyl adjacent to an activating group) is 1. The maximum absolute atomic E-state index is 12.0. The second-order valence-corrected chi connectivity index (χ2v) is 5.27. The van der Waals surface area contributed by atoms with Gasteiger partial charge in [-0.05, 0) is 45.2 Å². The quantitative estimate of drug-likeness (QED) is 0.781. The number of nitrogens with zero attached hydrogens (tertiary/aromatic N) is 2. The smallest absolute Gasteiger partial charge is 0.236 e. The largest absolute Gasteiger partial charge is 0.342 e. The minimum atomic E-state index is 0.314. The van der Waals surface area contributed by atoms with Gasteiger partial charge in [0, 0.05) is 26.2 Å². The Balaban J connectivity index is 1.82. The van der Waals surface area contributed by atoms with Gasteiger partial charge in [0.05, 0.1) is 6.54 Å². The van der Waals surface area contributed by atoms with Crippen molar-refractivity contribution in [3.63, 3.8) is 0 Å². The standard InChI is InChI=1S/C13H25N3O/c1-2-16-8-4-7-15(11-13(16)17)10-12-5-3-6-14-9-12/h12,14H,2-11H2,1H3. The molecule has 0 bridgehead atoms. The van der Waals surface area contributed by atoms with E-state index in [2.05, 4.69) is 17.1 Å². The zero-order chi connectivity index (χ0) is 12.1. The van der Waals surface area contributed by atoms with Gasteiger partial charge in [-0.1, -0.05) is 0 Å². The van der Waals surface area contributed by atoms with Gasteiger partial charge < -0.3 is 10.2 Å². The molecule has 1 atom stereocenters. The Morgan fingerprint density at radius 2 is 2.24 bits per heavy atom. The van der Waals surface area contributed by atoms with Crippen molar-refractivity contribution < 1.29 is 4.79 Å². The molecule has 1 N–H and O–H groups in total. The van der Waals surface area contributed by atoms with Crippen molar-refractivity contribution in [3.05, 3.63) is 0 Å². The van der Waals surface area contributed by atoms with Crippen LogP contribution in [0.15, 0.2) is 0 Å². The molecule has 98 valence electrons. The Morgan fingerprint density at radius 1 is 1.35 bits per heavy atom. The van der Waals surface area contributed by atoms with E-state index in [0.29, 0.717) is 12.5 Å². The molecule has 0 spiro atoms. The lowest BCUT2D eigenvalue weighted by Crippen LogP contribution is -2.41. The van der Waals surface area contributed by atoms with Crippen LogP contribution < -0.4 is 5.32 Å². The zero-order valence-corrected chi connectivity index (χ0v) is 11.0. The molecule has 2 aliphatic heterocycles. The molecule has 17 heavy (non-hydrogen) atoms. The van der Waals surface area contributed by atoms with Gasteiger partial charge in [0.2, 0.25) is 5.91 Å². The van der Waals surface area contributed by atoms with Crippen LogP contribution in [0.4, 0.5) is 0 Å². The summed E-state index contributed by atoms with van der Waals surface area (Å²) in [6, 6.07) is 0. The van der Waals surface area contributed by atoms with Crippen molar-refractivity contribution >= 4 is 5.91 Å². The molecule has 0 aromatic heterocycles. The monoisotopic (exact) mass is 239 g/mol. The van der Waals surface area contributed by atoms with Crippen LogP contribution in [-0.2, 0) is 4.79 Å². The Hall–Kier alpha value is -0.610. The molecule has 1 amide bonds. The first-order valence-corrected chi connectivity index (χ1v) is 7.00. The van der Waals surface area contributed by atoms with Crippen LogP contribution in [0, 0.1) is 5.92 Å². The summed E-state index contributed by atoms with van der Waals surface area (Å²) in [5, 5.41) is 3.45. The Bertz CT molecular complexity index is 251. The normalized spacial score (nSPS) is 28.2. The summed E-state index contributed by atoms with van der Waals surface area (Å²) in [5.41, 5.74) is 0. The van der Waals surface area contributed by atoms with E-state index in [1.165, 1.54) is 19.4 Å². The van der Waals surface area contributed by atoms with Crippen LogP contribution in [0.5, 0.6) is 0 Å². The number of nitrogens with one attached hydrogen (secondary N) is 1. The minimum Gasteiger partial charge on any atom is -0.342 e. The van der Waals surface area contributed by atoms with Crippen LogP contribution >= 0.6 is 0 Å². The number of carbonyl (C=O) groups excluding carboxylic acids is 1. The summed E-state index contributed by atoms with van der Waals surface area (Å²) in [5.74, 6) is 1.05. The lowest BCUT2D eigenvalue weighted by molar-refractivity contribution is -0.131. The van der Waals surface area contributed by atoms with Crippen LogP contribution in [0.25, 0.3) is 0 Å². The van der Waals surface area contributed by atoms with Gasteiger partial charge in [-0.15, -0.1) is 0 Å². The third-order valence-corrected chi connectivity index (χ3v) is 3.91. The van der Waals surface area contributed by atoms with Crippen molar-refractivity contribution in [3.8, 4) is 0 Å². The molecule has 4 heteroatoms. The van der Waals surface area contributed by atoms with Crippen LogP contribution in [0.1, 0.15) is 26.2 Å². The SMILES string of the molecule is CCN1CCCN(CC2CCCNC2)CC1=O. The first-order chi connectivity index (χ1) is 8.29. The van der Waals surface area contributed by atoms with E-state index in [1.54, 1.807) is 0 Å². The Kier molecular flexibility index (Phi) is 4.80. The van der Waals surface area contributed by atoms with Gasteiger partial charge in [0.15, 0.2) is 0 Å². The molecule has 4 nitrogen and oxygen atoms in total. The van der Waals surface area contributed by atoms with E-state index >= 15 is 0 Å². The van der Waals surface area contributed by atoms with Crippen molar-refractivity contribution in [2.45, 2.75) is 26.2 Å². The predicted octanol–water partition coefficient (Wildman–Crippen LogP) is 0.540. The molecule has 1 unspecified atom stereocenters. The topological polar surface area (TPSA) is 35.6 Å². The van der Waals surface area contributed by atoms with Gasteiger partial charge in [-0.25, -0.2) is 0 Å². The molecule has 0 aliphatic carbocycles. The molecule has 2 rings (SSSR count). The van der Waals surface area contributed by atoms with Crippen molar-refractivity contribution in [1.82, 2.24) is 15.1 Å². The summed E-state index contributed by atoms with van der Waals surface area (Å²) in [4.78, 5) is 16.3. The minimum absolute atomic E-state index is 0.314. The second-order valence-electron chi connectivity index (χ2n) is 5.27. The molecule has 0 aromatic rings. The molecule has 2 aliphatic rings. The van der Waals surface area contributed by atoms with E-state index in [4.69, 9.17) is 0 Å². The number of hydrogen-bond donors (Lipinski definition) is 1. The Labute approximate surface area is 104 Å². The lowest BCUT2D eigenvalue weighted by atomic mass is 9.99. The molecule has 0 aromatic carbocycles. The number of rotatable bonds is 3. The number of carbonyl (C=O) groups is 1. The van der Waals surface area contributed by atoms with E-state index < -0.39 is 0 Å². The predicted molar refractivity (Wildman–Crippen MR) is 68.9 cm³/mol. The highest BCUT2D eigenvalue weighted by Crippen LogP contribution is 2.13. The summed E-state index contributed by atoms with van der Waals surface area (Å²) < 4.78 is 0. The van der Waals surface area contributed by atoms with E-state index in [-0.39, 0.29) is 0 Å². The number of piperidine rings is 1. The van der Waals surface area contributed by atoms with Gasteiger partial charge in [0.25, 0.3) is 0 Å². The van der Waals surface area contributed by atoms with Crippen LogP contribution in [0.2, 0.25) is 0 Å². The van der Waals surface area contributed by atoms with Crippen LogP contribution in [0.3, 0.4) is 0 Å². The third-order valence-electron chi connectivity index (χ3n) is 3.91.